The molecule has 19 heavy (non-hydrogen) atoms. The highest BCUT2D eigenvalue weighted by atomic mass is 35.5. The van der Waals surface area contributed by atoms with Crippen LogP contribution < -0.4 is 11.3 Å². The predicted molar refractivity (Wildman–Crippen MR) is 75.9 cm³/mol. The van der Waals surface area contributed by atoms with Crippen molar-refractivity contribution in [3.63, 3.8) is 0 Å². The van der Waals surface area contributed by atoms with Crippen LogP contribution in [0.4, 0.5) is 5.82 Å². The smallest absolute Gasteiger partial charge is 0.140 e. The Kier molecular flexibility index (Phi) is 3.06. The zero-order valence-electron chi connectivity index (χ0n) is 10.0. The fraction of sp³-hybridized carbons (Fsp3) is 0.0769. The summed E-state index contributed by atoms with van der Waals surface area (Å²) in [4.78, 5) is 8.69. The first kappa shape index (κ1) is 12.0. The van der Waals surface area contributed by atoms with Gasteiger partial charge in [-0.25, -0.2) is 15.8 Å². The van der Waals surface area contributed by atoms with Crippen molar-refractivity contribution in [2.75, 3.05) is 5.43 Å². The quantitative estimate of drug-likeness (QED) is 0.568. The first-order chi connectivity index (χ1) is 9.28. The van der Waals surface area contributed by atoms with Gasteiger partial charge in [-0.15, -0.1) is 0 Å². The van der Waals surface area contributed by atoms with E-state index in [4.69, 9.17) is 17.4 Å². The lowest BCUT2D eigenvalue weighted by atomic mass is 10.3. The number of halogens is 1. The molecule has 0 saturated heterocycles. The number of benzene rings is 1. The number of rotatable bonds is 3. The van der Waals surface area contributed by atoms with E-state index in [0.717, 1.165) is 16.7 Å². The minimum atomic E-state index is 0.550. The summed E-state index contributed by atoms with van der Waals surface area (Å²) >= 11 is 6.16. The minimum Gasteiger partial charge on any atom is -0.324 e. The van der Waals surface area contributed by atoms with Gasteiger partial charge in [0, 0.05) is 0 Å². The number of hydrogen-bond acceptors (Lipinski definition) is 4. The molecule has 0 unspecified atom stereocenters. The van der Waals surface area contributed by atoms with Crippen LogP contribution in [-0.2, 0) is 6.54 Å². The topological polar surface area (TPSA) is 68.8 Å². The van der Waals surface area contributed by atoms with Gasteiger partial charge >= 0.3 is 0 Å². The molecule has 2 heterocycles. The standard InChI is InChI=1S/C13H12ClN5/c14-9-5-6-13(18-15)17-11(9)7-19-8-16-10-3-1-2-4-12(10)19/h1-6,8H,7,15H2,(H,17,18). The molecule has 96 valence electrons. The normalized spacial score (nSPS) is 10.8. The summed E-state index contributed by atoms with van der Waals surface area (Å²) in [7, 11) is 0. The van der Waals surface area contributed by atoms with E-state index in [1.54, 1.807) is 18.5 Å². The maximum Gasteiger partial charge on any atom is 0.140 e. The van der Waals surface area contributed by atoms with Gasteiger partial charge in [0.25, 0.3) is 0 Å². The van der Waals surface area contributed by atoms with E-state index in [0.29, 0.717) is 17.4 Å². The molecule has 3 rings (SSSR count). The lowest BCUT2D eigenvalue weighted by molar-refractivity contribution is 0.798. The van der Waals surface area contributed by atoms with E-state index in [1.165, 1.54) is 0 Å². The van der Waals surface area contributed by atoms with Gasteiger partial charge in [-0.1, -0.05) is 23.7 Å². The molecular formula is C13H12ClN5. The number of imidazole rings is 1. The summed E-state index contributed by atoms with van der Waals surface area (Å²) in [5.41, 5.74) is 5.27. The highest BCUT2D eigenvalue weighted by molar-refractivity contribution is 6.31. The number of nitrogens with one attached hydrogen (secondary N) is 1. The van der Waals surface area contributed by atoms with Crippen LogP contribution >= 0.6 is 11.6 Å². The van der Waals surface area contributed by atoms with E-state index in [9.17, 15) is 0 Å². The fourth-order valence-corrected chi connectivity index (χ4v) is 2.14. The summed E-state index contributed by atoms with van der Waals surface area (Å²) < 4.78 is 2.00. The molecule has 0 aliphatic heterocycles. The predicted octanol–water partition coefficient (Wildman–Crippen LogP) is 2.42. The van der Waals surface area contributed by atoms with E-state index in [2.05, 4.69) is 15.4 Å². The third-order valence-electron chi connectivity index (χ3n) is 2.91. The summed E-state index contributed by atoms with van der Waals surface area (Å²) in [6.07, 6.45) is 1.78. The Bertz CT molecular complexity index is 722. The third kappa shape index (κ3) is 2.25. The molecule has 3 N–H and O–H groups in total. The van der Waals surface area contributed by atoms with E-state index >= 15 is 0 Å². The molecule has 3 aromatic rings. The number of nitrogens with zero attached hydrogens (tertiary/aromatic N) is 3. The fourth-order valence-electron chi connectivity index (χ4n) is 1.97. The number of pyridine rings is 1. The molecule has 0 aliphatic carbocycles. The Balaban J connectivity index is 2.01. The van der Waals surface area contributed by atoms with Gasteiger partial charge in [-0.05, 0) is 24.3 Å². The van der Waals surface area contributed by atoms with Crippen LogP contribution in [-0.4, -0.2) is 14.5 Å². The molecule has 5 nitrogen and oxygen atoms in total. The lowest BCUT2D eigenvalue weighted by Crippen LogP contribution is -2.10. The molecule has 0 atom stereocenters. The number of hydrazine groups is 1. The Morgan fingerprint density at radius 3 is 2.89 bits per heavy atom. The van der Waals surface area contributed by atoms with Crippen molar-refractivity contribution in [2.24, 2.45) is 5.84 Å². The third-order valence-corrected chi connectivity index (χ3v) is 3.26. The van der Waals surface area contributed by atoms with Crippen molar-refractivity contribution in [3.8, 4) is 0 Å². The van der Waals surface area contributed by atoms with Gasteiger partial charge < -0.3 is 9.99 Å². The number of nitrogen functional groups attached to an aromatic ring is 1. The van der Waals surface area contributed by atoms with Crippen molar-refractivity contribution in [2.45, 2.75) is 6.54 Å². The molecule has 1 aromatic carbocycles. The Labute approximate surface area is 115 Å². The number of fused-ring (bicyclic) bond motifs is 1. The first-order valence-electron chi connectivity index (χ1n) is 5.80. The monoisotopic (exact) mass is 273 g/mol. The van der Waals surface area contributed by atoms with Crippen LogP contribution in [0, 0.1) is 0 Å². The van der Waals surface area contributed by atoms with Gasteiger partial charge in [0.2, 0.25) is 0 Å². The van der Waals surface area contributed by atoms with Crippen molar-refractivity contribution in [1.29, 1.82) is 0 Å². The zero-order valence-corrected chi connectivity index (χ0v) is 10.8. The molecule has 0 amide bonds. The van der Waals surface area contributed by atoms with Crippen LogP contribution in [0.25, 0.3) is 11.0 Å². The van der Waals surface area contributed by atoms with Gasteiger partial charge in [0.1, 0.15) is 5.82 Å². The summed E-state index contributed by atoms with van der Waals surface area (Å²) in [6, 6.07) is 11.4. The van der Waals surface area contributed by atoms with Crippen LogP contribution in [0.2, 0.25) is 5.02 Å². The van der Waals surface area contributed by atoms with Crippen LogP contribution in [0.1, 0.15) is 5.69 Å². The number of nitrogens with two attached hydrogens (primary N) is 1. The van der Waals surface area contributed by atoms with Crippen LogP contribution in [0.5, 0.6) is 0 Å². The van der Waals surface area contributed by atoms with Gasteiger partial charge in [-0.3, -0.25) is 0 Å². The number of hydrogen-bond donors (Lipinski definition) is 2. The molecular weight excluding hydrogens is 262 g/mol. The van der Waals surface area contributed by atoms with E-state index in [-0.39, 0.29) is 0 Å². The lowest BCUT2D eigenvalue weighted by Gasteiger charge is -2.08. The molecule has 0 spiro atoms. The number of para-hydroxylation sites is 2. The first-order valence-corrected chi connectivity index (χ1v) is 6.17. The Hall–Kier alpha value is -2.11. The highest BCUT2D eigenvalue weighted by Crippen LogP contribution is 2.19. The molecule has 0 aliphatic rings. The largest absolute Gasteiger partial charge is 0.324 e. The second kappa shape index (κ2) is 4.87. The van der Waals surface area contributed by atoms with Crippen molar-refractivity contribution >= 4 is 28.5 Å². The molecule has 0 radical (unpaired) electrons. The number of anilines is 1. The van der Waals surface area contributed by atoms with Crippen LogP contribution in [0.15, 0.2) is 42.7 Å². The van der Waals surface area contributed by atoms with Crippen LogP contribution in [0.3, 0.4) is 0 Å². The zero-order chi connectivity index (χ0) is 13.2. The summed E-state index contributed by atoms with van der Waals surface area (Å²) in [5, 5.41) is 0.608. The van der Waals surface area contributed by atoms with Gasteiger partial charge in [-0.2, -0.15) is 0 Å². The van der Waals surface area contributed by atoms with Crippen molar-refractivity contribution in [3.05, 3.63) is 53.4 Å². The summed E-state index contributed by atoms with van der Waals surface area (Å²) in [5.74, 6) is 5.94. The molecule has 0 bridgehead atoms. The van der Waals surface area contributed by atoms with Crippen molar-refractivity contribution < 1.29 is 0 Å². The summed E-state index contributed by atoms with van der Waals surface area (Å²) in [6.45, 7) is 0.550. The SMILES string of the molecule is NNc1ccc(Cl)c(Cn2cnc3ccccc32)n1. The molecule has 2 aromatic heterocycles. The maximum atomic E-state index is 6.16. The van der Waals surface area contributed by atoms with E-state index < -0.39 is 0 Å². The minimum absolute atomic E-state index is 0.550. The average Bonchev–Trinajstić information content (AvgIpc) is 2.85. The van der Waals surface area contributed by atoms with Gasteiger partial charge in [0.05, 0.1) is 34.6 Å². The average molecular weight is 274 g/mol. The Morgan fingerprint density at radius 2 is 2.05 bits per heavy atom. The van der Waals surface area contributed by atoms with Gasteiger partial charge in [0.15, 0.2) is 0 Å². The highest BCUT2D eigenvalue weighted by Gasteiger charge is 2.07. The second-order valence-electron chi connectivity index (χ2n) is 4.13. The second-order valence-corrected chi connectivity index (χ2v) is 4.54. The van der Waals surface area contributed by atoms with Crippen molar-refractivity contribution in [1.82, 2.24) is 14.5 Å². The molecule has 0 saturated carbocycles. The van der Waals surface area contributed by atoms with E-state index in [1.807, 2.05) is 28.8 Å². The molecule has 6 heteroatoms. The maximum absolute atomic E-state index is 6.16. The Morgan fingerprint density at radius 1 is 1.21 bits per heavy atom. The number of aromatic nitrogens is 3. The molecule has 0 fully saturated rings.